The van der Waals surface area contributed by atoms with Gasteiger partial charge in [-0.15, -0.1) is 0 Å². The largest absolute Gasteiger partial charge is 0.493 e. The van der Waals surface area contributed by atoms with Crippen LogP contribution in [0.25, 0.3) is 0 Å². The molecular formula is C11H11NO5. The molecular weight excluding hydrogens is 226 g/mol. The van der Waals surface area contributed by atoms with Crippen LogP contribution in [0.15, 0.2) is 12.1 Å². The van der Waals surface area contributed by atoms with Gasteiger partial charge in [0.15, 0.2) is 17.6 Å². The van der Waals surface area contributed by atoms with Crippen molar-refractivity contribution in [2.24, 2.45) is 0 Å². The SMILES string of the molecule is COc1cc(C(O)C(=O)O)cc(C#N)c1OC. The molecule has 1 rings (SSSR count). The van der Waals surface area contributed by atoms with Crippen molar-refractivity contribution in [1.82, 2.24) is 0 Å². The lowest BCUT2D eigenvalue weighted by atomic mass is 10.0. The minimum Gasteiger partial charge on any atom is -0.493 e. The van der Waals surface area contributed by atoms with Crippen LogP contribution in [0, 0.1) is 11.3 Å². The molecule has 90 valence electrons. The summed E-state index contributed by atoms with van der Waals surface area (Å²) in [4.78, 5) is 10.6. The van der Waals surface area contributed by atoms with E-state index in [-0.39, 0.29) is 22.6 Å². The molecule has 0 amide bonds. The number of aliphatic hydroxyl groups is 1. The number of nitriles is 1. The maximum atomic E-state index is 10.6. The Morgan fingerprint density at radius 2 is 2.06 bits per heavy atom. The normalized spacial score (nSPS) is 11.4. The van der Waals surface area contributed by atoms with Crippen molar-refractivity contribution in [1.29, 1.82) is 5.26 Å². The number of hydrogen-bond donors (Lipinski definition) is 2. The van der Waals surface area contributed by atoms with Crippen molar-refractivity contribution in [3.05, 3.63) is 23.3 Å². The van der Waals surface area contributed by atoms with E-state index < -0.39 is 12.1 Å². The Bertz CT molecular complexity index is 477. The van der Waals surface area contributed by atoms with Gasteiger partial charge in [0.2, 0.25) is 0 Å². The van der Waals surface area contributed by atoms with Crippen LogP contribution in [0.4, 0.5) is 0 Å². The van der Waals surface area contributed by atoms with Crippen LogP contribution in [-0.2, 0) is 4.79 Å². The van der Waals surface area contributed by atoms with Gasteiger partial charge < -0.3 is 19.7 Å². The molecule has 17 heavy (non-hydrogen) atoms. The first-order chi connectivity index (χ1) is 8.04. The van der Waals surface area contributed by atoms with E-state index in [4.69, 9.17) is 19.8 Å². The zero-order chi connectivity index (χ0) is 13.0. The first-order valence-electron chi connectivity index (χ1n) is 4.62. The van der Waals surface area contributed by atoms with Crippen molar-refractivity contribution in [3.8, 4) is 17.6 Å². The summed E-state index contributed by atoms with van der Waals surface area (Å²) in [6.45, 7) is 0. The Morgan fingerprint density at radius 1 is 1.41 bits per heavy atom. The summed E-state index contributed by atoms with van der Waals surface area (Å²) in [6, 6.07) is 4.41. The zero-order valence-electron chi connectivity index (χ0n) is 9.30. The van der Waals surface area contributed by atoms with Crippen LogP contribution in [-0.4, -0.2) is 30.4 Å². The number of carbonyl (C=O) groups is 1. The van der Waals surface area contributed by atoms with E-state index in [0.717, 1.165) is 0 Å². The van der Waals surface area contributed by atoms with Crippen LogP contribution < -0.4 is 9.47 Å². The molecule has 0 saturated heterocycles. The molecule has 6 nitrogen and oxygen atoms in total. The van der Waals surface area contributed by atoms with Crippen LogP contribution in [0.3, 0.4) is 0 Å². The summed E-state index contributed by atoms with van der Waals surface area (Å²) < 4.78 is 9.95. The number of nitrogens with zero attached hydrogens (tertiary/aromatic N) is 1. The van der Waals surface area contributed by atoms with Gasteiger partial charge in [0.1, 0.15) is 6.07 Å². The average Bonchev–Trinajstić information content (AvgIpc) is 2.35. The highest BCUT2D eigenvalue weighted by molar-refractivity contribution is 5.75. The average molecular weight is 237 g/mol. The van der Waals surface area contributed by atoms with Gasteiger partial charge in [0, 0.05) is 0 Å². The Balaban J connectivity index is 3.38. The van der Waals surface area contributed by atoms with Gasteiger partial charge in [-0.05, 0) is 17.7 Å². The van der Waals surface area contributed by atoms with Crippen molar-refractivity contribution in [2.45, 2.75) is 6.10 Å². The van der Waals surface area contributed by atoms with Gasteiger partial charge in [-0.2, -0.15) is 5.26 Å². The maximum absolute atomic E-state index is 10.6. The van der Waals surface area contributed by atoms with Crippen molar-refractivity contribution in [3.63, 3.8) is 0 Å². The summed E-state index contributed by atoms with van der Waals surface area (Å²) >= 11 is 0. The molecule has 1 aromatic rings. The molecule has 1 atom stereocenters. The standard InChI is InChI=1S/C11H11NO5/c1-16-8-4-6(9(13)11(14)15)3-7(5-12)10(8)17-2/h3-4,9,13H,1-2H3,(H,14,15). The van der Waals surface area contributed by atoms with Gasteiger partial charge >= 0.3 is 5.97 Å². The number of aliphatic carboxylic acids is 1. The Hall–Kier alpha value is -2.26. The number of rotatable bonds is 4. The van der Waals surface area contributed by atoms with Crippen LogP contribution in [0.1, 0.15) is 17.2 Å². The quantitative estimate of drug-likeness (QED) is 0.799. The molecule has 0 aliphatic carbocycles. The molecule has 0 aliphatic rings. The third kappa shape index (κ3) is 2.46. The molecule has 0 fully saturated rings. The molecule has 0 radical (unpaired) electrons. The number of aliphatic hydroxyl groups excluding tert-OH is 1. The van der Waals surface area contributed by atoms with Crippen LogP contribution in [0.5, 0.6) is 11.5 Å². The third-order valence-corrected chi connectivity index (χ3v) is 2.17. The summed E-state index contributed by atoms with van der Waals surface area (Å²) in [5.41, 5.74) is 0.161. The van der Waals surface area contributed by atoms with E-state index >= 15 is 0 Å². The Morgan fingerprint density at radius 3 is 2.47 bits per heavy atom. The van der Waals surface area contributed by atoms with E-state index in [0.29, 0.717) is 0 Å². The molecule has 6 heteroatoms. The van der Waals surface area contributed by atoms with Gasteiger partial charge in [0.05, 0.1) is 19.8 Å². The van der Waals surface area contributed by atoms with Crippen LogP contribution in [0.2, 0.25) is 0 Å². The highest BCUT2D eigenvalue weighted by Gasteiger charge is 2.20. The summed E-state index contributed by atoms with van der Waals surface area (Å²) in [5.74, 6) is -1.00. The third-order valence-electron chi connectivity index (χ3n) is 2.17. The summed E-state index contributed by atoms with van der Waals surface area (Å²) in [6.07, 6.45) is -1.71. The minimum absolute atomic E-state index is 0.0618. The van der Waals surface area contributed by atoms with Crippen molar-refractivity contribution >= 4 is 5.97 Å². The molecule has 1 aromatic carbocycles. The van der Waals surface area contributed by atoms with Crippen LogP contribution >= 0.6 is 0 Å². The lowest BCUT2D eigenvalue weighted by Gasteiger charge is -2.13. The Labute approximate surface area is 97.6 Å². The highest BCUT2D eigenvalue weighted by atomic mass is 16.5. The smallest absolute Gasteiger partial charge is 0.337 e. The fourth-order valence-corrected chi connectivity index (χ4v) is 1.37. The van der Waals surface area contributed by atoms with Gasteiger partial charge in [-0.25, -0.2) is 4.79 Å². The van der Waals surface area contributed by atoms with Gasteiger partial charge in [-0.1, -0.05) is 0 Å². The molecule has 0 aromatic heterocycles. The Kier molecular flexibility index (Phi) is 3.91. The van der Waals surface area contributed by atoms with E-state index in [1.807, 2.05) is 6.07 Å². The molecule has 0 spiro atoms. The van der Waals surface area contributed by atoms with Crippen molar-refractivity contribution < 1.29 is 24.5 Å². The second-order valence-electron chi connectivity index (χ2n) is 3.16. The lowest BCUT2D eigenvalue weighted by Crippen LogP contribution is -2.11. The fourth-order valence-electron chi connectivity index (χ4n) is 1.37. The molecule has 0 aliphatic heterocycles. The number of methoxy groups -OCH3 is 2. The first-order valence-corrected chi connectivity index (χ1v) is 4.62. The highest BCUT2D eigenvalue weighted by Crippen LogP contribution is 2.34. The zero-order valence-corrected chi connectivity index (χ0v) is 9.30. The molecule has 0 bridgehead atoms. The summed E-state index contributed by atoms with van der Waals surface area (Å²) in [5, 5.41) is 27.0. The topological polar surface area (TPSA) is 99.8 Å². The minimum atomic E-state index is -1.71. The maximum Gasteiger partial charge on any atom is 0.337 e. The number of carboxylic acid groups (broad SMARTS) is 1. The predicted octanol–water partition coefficient (Wildman–Crippen LogP) is 0.693. The number of benzene rings is 1. The van der Waals surface area contributed by atoms with E-state index in [9.17, 15) is 9.90 Å². The van der Waals surface area contributed by atoms with Crippen molar-refractivity contribution in [2.75, 3.05) is 14.2 Å². The van der Waals surface area contributed by atoms with E-state index in [1.165, 1.54) is 26.4 Å². The number of hydrogen-bond acceptors (Lipinski definition) is 5. The first kappa shape index (κ1) is 12.8. The van der Waals surface area contributed by atoms with Gasteiger partial charge in [-0.3, -0.25) is 0 Å². The van der Waals surface area contributed by atoms with Gasteiger partial charge in [0.25, 0.3) is 0 Å². The lowest BCUT2D eigenvalue weighted by molar-refractivity contribution is -0.146. The molecule has 0 saturated carbocycles. The van der Waals surface area contributed by atoms with E-state index in [2.05, 4.69) is 0 Å². The molecule has 1 unspecified atom stereocenters. The molecule has 2 N–H and O–H groups in total. The number of ether oxygens (including phenoxy) is 2. The number of carboxylic acids is 1. The monoisotopic (exact) mass is 237 g/mol. The predicted molar refractivity (Wildman–Crippen MR) is 56.9 cm³/mol. The van der Waals surface area contributed by atoms with E-state index in [1.54, 1.807) is 0 Å². The second kappa shape index (κ2) is 5.18. The summed E-state index contributed by atoms with van der Waals surface area (Å²) in [7, 11) is 2.72. The molecule has 0 heterocycles. The second-order valence-corrected chi connectivity index (χ2v) is 3.16. The fraction of sp³-hybridized carbons (Fsp3) is 0.273.